The van der Waals surface area contributed by atoms with E-state index >= 15 is 0 Å². The maximum atomic E-state index is 10.2. The van der Waals surface area contributed by atoms with Crippen molar-refractivity contribution in [3.63, 3.8) is 0 Å². The van der Waals surface area contributed by atoms with Crippen molar-refractivity contribution in [3.8, 4) is 0 Å². The number of hydrogen-bond acceptors (Lipinski definition) is 2. The summed E-state index contributed by atoms with van der Waals surface area (Å²) in [6.07, 6.45) is 1.26. The third kappa shape index (κ3) is 4.46. The number of carbonyl (C=O) groups excluding carboxylic acids is 2. The summed E-state index contributed by atoms with van der Waals surface area (Å²) in [6.45, 7) is 1.56. The Kier molecular flexibility index (Phi) is 3.04. The molecule has 4 amide bonds. The molecule has 9 heavy (non-hydrogen) atoms. The van der Waals surface area contributed by atoms with Crippen LogP contribution in [-0.4, -0.2) is 18.3 Å². The van der Waals surface area contributed by atoms with Gasteiger partial charge < -0.3 is 5.73 Å². The van der Waals surface area contributed by atoms with E-state index in [1.807, 2.05) is 0 Å². The fourth-order valence-electron chi connectivity index (χ4n) is 0.255. The standard InChI is InChI=1S/C4H7N3O2/c1-2-6-4(9)7-3(5)8/h2H,1H3,(H3,5,7,8,9)/b6-2-. The number of aliphatic imine (C=N–C) groups is 1. The van der Waals surface area contributed by atoms with E-state index in [1.54, 1.807) is 12.2 Å². The van der Waals surface area contributed by atoms with Gasteiger partial charge in [-0.1, -0.05) is 0 Å². The molecule has 50 valence electrons. The van der Waals surface area contributed by atoms with Gasteiger partial charge in [-0.3, -0.25) is 5.32 Å². The van der Waals surface area contributed by atoms with Crippen LogP contribution < -0.4 is 11.1 Å². The van der Waals surface area contributed by atoms with Crippen molar-refractivity contribution in [1.29, 1.82) is 0 Å². The number of carbonyl (C=O) groups is 2. The molecule has 0 aromatic rings. The lowest BCUT2D eigenvalue weighted by Gasteiger charge is -1.89. The highest BCUT2D eigenvalue weighted by molar-refractivity contribution is 5.95. The SMILES string of the molecule is C/C=N\C(=O)NC(N)=O. The summed E-state index contributed by atoms with van der Waals surface area (Å²) in [7, 11) is 0. The molecule has 0 unspecified atom stereocenters. The predicted molar refractivity (Wildman–Crippen MR) is 32.3 cm³/mol. The van der Waals surface area contributed by atoms with Crippen LogP contribution in [0.3, 0.4) is 0 Å². The number of primary amides is 1. The van der Waals surface area contributed by atoms with Gasteiger partial charge in [-0.2, -0.15) is 0 Å². The van der Waals surface area contributed by atoms with E-state index in [1.165, 1.54) is 6.21 Å². The first-order valence-electron chi connectivity index (χ1n) is 2.26. The van der Waals surface area contributed by atoms with Crippen LogP contribution in [0.2, 0.25) is 0 Å². The van der Waals surface area contributed by atoms with E-state index in [2.05, 4.69) is 10.7 Å². The zero-order chi connectivity index (χ0) is 7.28. The van der Waals surface area contributed by atoms with E-state index in [-0.39, 0.29) is 0 Å². The largest absolute Gasteiger partial charge is 0.351 e. The van der Waals surface area contributed by atoms with Crippen LogP contribution >= 0.6 is 0 Å². The highest BCUT2D eigenvalue weighted by Crippen LogP contribution is 1.69. The number of imide groups is 1. The van der Waals surface area contributed by atoms with Crippen LogP contribution in [0.1, 0.15) is 6.92 Å². The number of rotatable bonds is 0. The molecule has 3 N–H and O–H groups in total. The van der Waals surface area contributed by atoms with Crippen molar-refractivity contribution in [1.82, 2.24) is 5.32 Å². The maximum absolute atomic E-state index is 10.2. The average Bonchev–Trinajstić information content (AvgIpc) is 1.63. The van der Waals surface area contributed by atoms with Gasteiger partial charge in [0.15, 0.2) is 0 Å². The Morgan fingerprint density at radius 2 is 2.22 bits per heavy atom. The fraction of sp³-hybridized carbons (Fsp3) is 0.250. The van der Waals surface area contributed by atoms with E-state index in [0.717, 1.165) is 0 Å². The monoisotopic (exact) mass is 129 g/mol. The molecular weight excluding hydrogens is 122 g/mol. The smallest absolute Gasteiger partial charge is 0.348 e. The van der Waals surface area contributed by atoms with Crippen molar-refractivity contribution in [2.45, 2.75) is 6.92 Å². The number of nitrogens with one attached hydrogen (secondary N) is 1. The second-order valence-electron chi connectivity index (χ2n) is 1.18. The topological polar surface area (TPSA) is 84.6 Å². The van der Waals surface area contributed by atoms with Gasteiger partial charge in [0.1, 0.15) is 0 Å². The minimum Gasteiger partial charge on any atom is -0.351 e. The van der Waals surface area contributed by atoms with Crippen LogP contribution in [0, 0.1) is 0 Å². The quantitative estimate of drug-likeness (QED) is 0.446. The van der Waals surface area contributed by atoms with Gasteiger partial charge in [-0.15, -0.1) is 0 Å². The first-order chi connectivity index (χ1) is 4.16. The zero-order valence-corrected chi connectivity index (χ0v) is 4.92. The zero-order valence-electron chi connectivity index (χ0n) is 4.92. The highest BCUT2D eigenvalue weighted by Gasteiger charge is 1.96. The number of hydrogen-bond donors (Lipinski definition) is 2. The summed E-state index contributed by atoms with van der Waals surface area (Å²) in [5.74, 6) is 0. The molecule has 0 aromatic carbocycles. The van der Waals surface area contributed by atoms with Crippen molar-refractivity contribution < 1.29 is 9.59 Å². The number of urea groups is 2. The Balaban J connectivity index is 3.64. The molecule has 5 nitrogen and oxygen atoms in total. The van der Waals surface area contributed by atoms with Crippen molar-refractivity contribution in [2.24, 2.45) is 10.7 Å². The summed E-state index contributed by atoms with van der Waals surface area (Å²) >= 11 is 0. The summed E-state index contributed by atoms with van der Waals surface area (Å²) in [6, 6.07) is -1.64. The molecule has 0 heterocycles. The molecule has 0 rings (SSSR count). The Morgan fingerprint density at radius 3 is 2.56 bits per heavy atom. The molecule has 0 spiro atoms. The van der Waals surface area contributed by atoms with Gasteiger partial charge in [0.25, 0.3) is 0 Å². The lowest BCUT2D eigenvalue weighted by atomic mass is 10.8. The summed E-state index contributed by atoms with van der Waals surface area (Å²) in [5.41, 5.74) is 4.58. The molecule has 0 saturated heterocycles. The lowest BCUT2D eigenvalue weighted by molar-refractivity contribution is 0.237. The van der Waals surface area contributed by atoms with Crippen molar-refractivity contribution in [2.75, 3.05) is 0 Å². The molecular formula is C4H7N3O2. The van der Waals surface area contributed by atoms with Gasteiger partial charge >= 0.3 is 12.1 Å². The number of amides is 4. The Hall–Kier alpha value is -1.39. The van der Waals surface area contributed by atoms with Gasteiger partial charge in [0.05, 0.1) is 0 Å². The normalized spacial score (nSPS) is 9.44. The molecule has 0 bridgehead atoms. The Morgan fingerprint density at radius 1 is 1.67 bits per heavy atom. The summed E-state index contributed by atoms with van der Waals surface area (Å²) < 4.78 is 0. The first kappa shape index (κ1) is 7.61. The minimum absolute atomic E-state index is 0.745. The van der Waals surface area contributed by atoms with E-state index in [9.17, 15) is 9.59 Å². The molecule has 0 aromatic heterocycles. The van der Waals surface area contributed by atoms with E-state index in [0.29, 0.717) is 0 Å². The van der Waals surface area contributed by atoms with Gasteiger partial charge in [-0.05, 0) is 6.92 Å². The second kappa shape index (κ2) is 3.59. The van der Waals surface area contributed by atoms with Crippen LogP contribution in [0.4, 0.5) is 9.59 Å². The highest BCUT2D eigenvalue weighted by atomic mass is 16.2. The minimum atomic E-state index is -0.898. The van der Waals surface area contributed by atoms with Crippen LogP contribution in [0.5, 0.6) is 0 Å². The fourth-order valence-corrected chi connectivity index (χ4v) is 0.255. The van der Waals surface area contributed by atoms with Crippen LogP contribution in [0.15, 0.2) is 4.99 Å². The third-order valence-corrected chi connectivity index (χ3v) is 0.476. The van der Waals surface area contributed by atoms with Crippen molar-refractivity contribution in [3.05, 3.63) is 0 Å². The molecule has 0 aliphatic heterocycles. The maximum Gasteiger partial charge on any atom is 0.348 e. The number of nitrogens with two attached hydrogens (primary N) is 1. The molecule has 5 heteroatoms. The average molecular weight is 129 g/mol. The Labute approximate surface area is 51.9 Å². The van der Waals surface area contributed by atoms with Gasteiger partial charge in [0, 0.05) is 6.21 Å². The molecule has 0 aliphatic rings. The first-order valence-corrected chi connectivity index (χ1v) is 2.26. The third-order valence-electron chi connectivity index (χ3n) is 0.476. The Bertz CT molecular complexity index is 152. The lowest BCUT2D eigenvalue weighted by Crippen LogP contribution is -2.32. The summed E-state index contributed by atoms with van der Waals surface area (Å²) in [5, 5.41) is 1.75. The van der Waals surface area contributed by atoms with E-state index in [4.69, 9.17) is 0 Å². The van der Waals surface area contributed by atoms with Crippen LogP contribution in [0.25, 0.3) is 0 Å². The van der Waals surface area contributed by atoms with E-state index < -0.39 is 12.1 Å². The van der Waals surface area contributed by atoms with Gasteiger partial charge in [0.2, 0.25) is 0 Å². The molecule has 0 saturated carbocycles. The second-order valence-corrected chi connectivity index (χ2v) is 1.18. The molecule has 0 aliphatic carbocycles. The molecule has 0 atom stereocenters. The molecule has 0 radical (unpaired) electrons. The number of nitrogens with zero attached hydrogens (tertiary/aromatic N) is 1. The van der Waals surface area contributed by atoms with Crippen molar-refractivity contribution >= 4 is 18.3 Å². The predicted octanol–water partition coefficient (Wildman–Crippen LogP) is -0.135. The van der Waals surface area contributed by atoms with Crippen LogP contribution in [-0.2, 0) is 0 Å². The molecule has 0 fully saturated rings. The van der Waals surface area contributed by atoms with Gasteiger partial charge in [-0.25, -0.2) is 14.6 Å². The summed E-state index contributed by atoms with van der Waals surface area (Å²) in [4.78, 5) is 23.3.